The zero-order chi connectivity index (χ0) is 15.0. The SMILES string of the molecule is Cc1cc(Nc2nc3ccc(Cl)cc3s2)c(C(=O)O)cn1. The Labute approximate surface area is 129 Å². The van der Waals surface area contributed by atoms with Crippen LogP contribution in [-0.4, -0.2) is 21.0 Å². The highest BCUT2D eigenvalue weighted by Crippen LogP contribution is 2.31. The Morgan fingerprint density at radius 1 is 1.38 bits per heavy atom. The van der Waals surface area contributed by atoms with Crippen LogP contribution < -0.4 is 5.32 Å². The fourth-order valence-electron chi connectivity index (χ4n) is 1.90. The molecule has 0 aliphatic heterocycles. The average molecular weight is 320 g/mol. The highest BCUT2D eigenvalue weighted by atomic mass is 35.5. The quantitative estimate of drug-likeness (QED) is 0.760. The molecule has 0 bridgehead atoms. The molecule has 0 spiro atoms. The molecule has 21 heavy (non-hydrogen) atoms. The maximum Gasteiger partial charge on any atom is 0.339 e. The van der Waals surface area contributed by atoms with E-state index in [1.807, 2.05) is 12.1 Å². The third-order valence-corrected chi connectivity index (χ3v) is 4.03. The number of carboxylic acid groups (broad SMARTS) is 1. The summed E-state index contributed by atoms with van der Waals surface area (Å²) >= 11 is 7.36. The summed E-state index contributed by atoms with van der Waals surface area (Å²) in [7, 11) is 0. The van der Waals surface area contributed by atoms with Crippen molar-refractivity contribution in [3.8, 4) is 0 Å². The lowest BCUT2D eigenvalue weighted by Gasteiger charge is -2.07. The number of fused-ring (bicyclic) bond motifs is 1. The average Bonchev–Trinajstić information content (AvgIpc) is 2.79. The van der Waals surface area contributed by atoms with Crippen LogP contribution in [0, 0.1) is 6.92 Å². The van der Waals surface area contributed by atoms with Crippen molar-refractivity contribution in [3.05, 3.63) is 46.7 Å². The lowest BCUT2D eigenvalue weighted by atomic mass is 10.2. The van der Waals surface area contributed by atoms with Crippen molar-refractivity contribution in [2.24, 2.45) is 0 Å². The summed E-state index contributed by atoms with van der Waals surface area (Å²) < 4.78 is 0.938. The molecule has 0 amide bonds. The zero-order valence-electron chi connectivity index (χ0n) is 10.9. The number of aryl methyl sites for hydroxylation is 1. The fraction of sp³-hybridized carbons (Fsp3) is 0.0714. The minimum atomic E-state index is -1.03. The minimum Gasteiger partial charge on any atom is -0.478 e. The number of aromatic carboxylic acids is 1. The van der Waals surface area contributed by atoms with Crippen molar-refractivity contribution in [3.63, 3.8) is 0 Å². The highest BCUT2D eigenvalue weighted by Gasteiger charge is 2.13. The molecule has 5 nitrogen and oxygen atoms in total. The molecule has 0 radical (unpaired) electrons. The van der Waals surface area contributed by atoms with Crippen molar-refractivity contribution in [1.29, 1.82) is 0 Å². The number of nitrogens with one attached hydrogen (secondary N) is 1. The van der Waals surface area contributed by atoms with Crippen LogP contribution in [0.25, 0.3) is 10.2 Å². The Balaban J connectivity index is 2.02. The van der Waals surface area contributed by atoms with E-state index in [4.69, 9.17) is 11.6 Å². The number of halogens is 1. The number of carbonyl (C=O) groups is 1. The van der Waals surface area contributed by atoms with Crippen LogP contribution in [0.1, 0.15) is 16.1 Å². The maximum atomic E-state index is 11.2. The Morgan fingerprint density at radius 2 is 2.19 bits per heavy atom. The van der Waals surface area contributed by atoms with Gasteiger partial charge in [0.25, 0.3) is 0 Å². The Morgan fingerprint density at radius 3 is 2.95 bits per heavy atom. The number of nitrogens with zero attached hydrogens (tertiary/aromatic N) is 2. The molecule has 0 atom stereocenters. The van der Waals surface area contributed by atoms with E-state index in [0.29, 0.717) is 15.8 Å². The number of aromatic nitrogens is 2. The molecule has 0 aliphatic carbocycles. The van der Waals surface area contributed by atoms with Gasteiger partial charge in [-0.3, -0.25) is 4.98 Å². The largest absolute Gasteiger partial charge is 0.478 e. The van der Waals surface area contributed by atoms with E-state index in [2.05, 4.69) is 15.3 Å². The maximum absolute atomic E-state index is 11.2. The molecule has 3 rings (SSSR count). The number of hydrogen-bond acceptors (Lipinski definition) is 5. The number of anilines is 2. The Hall–Kier alpha value is -2.18. The van der Waals surface area contributed by atoms with Gasteiger partial charge in [0.05, 0.1) is 15.9 Å². The summed E-state index contributed by atoms with van der Waals surface area (Å²) in [6.45, 7) is 1.80. The molecule has 0 saturated carbocycles. The second-order valence-electron chi connectivity index (χ2n) is 4.43. The lowest BCUT2D eigenvalue weighted by Crippen LogP contribution is -2.04. The first-order valence-electron chi connectivity index (χ1n) is 6.06. The van der Waals surface area contributed by atoms with Gasteiger partial charge in [0.15, 0.2) is 5.13 Å². The molecule has 1 aromatic carbocycles. The first-order valence-corrected chi connectivity index (χ1v) is 7.25. The van der Waals surface area contributed by atoms with E-state index in [9.17, 15) is 9.90 Å². The second-order valence-corrected chi connectivity index (χ2v) is 5.90. The standard InChI is InChI=1S/C14H10ClN3O2S/c1-7-4-11(9(6-16-7)13(19)20)18-14-17-10-3-2-8(15)5-12(10)21-14/h2-6H,1H3,(H,19,20)(H,16,17,18). The van der Waals surface area contributed by atoms with Gasteiger partial charge >= 0.3 is 5.97 Å². The summed E-state index contributed by atoms with van der Waals surface area (Å²) in [6.07, 6.45) is 1.34. The fourth-order valence-corrected chi connectivity index (χ4v) is 3.06. The minimum absolute atomic E-state index is 0.109. The van der Waals surface area contributed by atoms with Gasteiger partial charge in [-0.05, 0) is 31.2 Å². The molecular weight excluding hydrogens is 310 g/mol. The molecule has 0 saturated heterocycles. The van der Waals surface area contributed by atoms with Crippen LogP contribution in [0.4, 0.5) is 10.8 Å². The summed E-state index contributed by atoms with van der Waals surface area (Å²) in [6, 6.07) is 7.11. The smallest absolute Gasteiger partial charge is 0.339 e. The van der Waals surface area contributed by atoms with Gasteiger partial charge in [0.1, 0.15) is 5.56 Å². The topological polar surface area (TPSA) is 75.1 Å². The van der Waals surface area contributed by atoms with E-state index < -0.39 is 5.97 Å². The number of pyridine rings is 1. The lowest BCUT2D eigenvalue weighted by molar-refractivity contribution is 0.0697. The number of hydrogen-bond donors (Lipinski definition) is 2. The zero-order valence-corrected chi connectivity index (χ0v) is 12.5. The normalized spacial score (nSPS) is 10.8. The van der Waals surface area contributed by atoms with E-state index in [-0.39, 0.29) is 5.56 Å². The predicted molar refractivity (Wildman–Crippen MR) is 83.8 cm³/mol. The number of rotatable bonds is 3. The summed E-state index contributed by atoms with van der Waals surface area (Å²) in [5.74, 6) is -1.03. The summed E-state index contributed by atoms with van der Waals surface area (Å²) in [5.41, 5.74) is 2.12. The second kappa shape index (κ2) is 5.31. The van der Waals surface area contributed by atoms with Crippen LogP contribution in [0.2, 0.25) is 5.02 Å². The van der Waals surface area contributed by atoms with Gasteiger partial charge < -0.3 is 10.4 Å². The van der Waals surface area contributed by atoms with Gasteiger partial charge in [0, 0.05) is 16.9 Å². The Bertz CT molecular complexity index is 847. The molecule has 0 fully saturated rings. The van der Waals surface area contributed by atoms with Crippen LogP contribution in [0.3, 0.4) is 0 Å². The van der Waals surface area contributed by atoms with Crippen LogP contribution in [0.5, 0.6) is 0 Å². The molecule has 0 aliphatic rings. The van der Waals surface area contributed by atoms with Crippen LogP contribution in [-0.2, 0) is 0 Å². The third-order valence-electron chi connectivity index (χ3n) is 2.86. The van der Waals surface area contributed by atoms with Gasteiger partial charge in [-0.25, -0.2) is 9.78 Å². The molecule has 2 aromatic heterocycles. The number of carboxylic acids is 1. The van der Waals surface area contributed by atoms with Gasteiger partial charge in [0.2, 0.25) is 0 Å². The monoisotopic (exact) mass is 319 g/mol. The van der Waals surface area contributed by atoms with Crippen molar-refractivity contribution in [2.45, 2.75) is 6.92 Å². The van der Waals surface area contributed by atoms with Crippen molar-refractivity contribution in [2.75, 3.05) is 5.32 Å². The molecule has 2 N–H and O–H groups in total. The molecular formula is C14H10ClN3O2S. The van der Waals surface area contributed by atoms with E-state index in [0.717, 1.165) is 15.9 Å². The molecule has 106 valence electrons. The highest BCUT2D eigenvalue weighted by molar-refractivity contribution is 7.22. The van der Waals surface area contributed by atoms with Gasteiger partial charge in [-0.1, -0.05) is 22.9 Å². The molecule has 0 unspecified atom stereocenters. The molecule has 3 aromatic rings. The van der Waals surface area contributed by atoms with Crippen LogP contribution in [0.15, 0.2) is 30.5 Å². The van der Waals surface area contributed by atoms with Crippen molar-refractivity contribution in [1.82, 2.24) is 9.97 Å². The number of benzene rings is 1. The van der Waals surface area contributed by atoms with Crippen LogP contribution >= 0.6 is 22.9 Å². The van der Waals surface area contributed by atoms with Gasteiger partial charge in [-0.15, -0.1) is 0 Å². The molecule has 7 heteroatoms. The van der Waals surface area contributed by atoms with E-state index in [1.54, 1.807) is 19.1 Å². The first-order chi connectivity index (χ1) is 10.0. The van der Waals surface area contributed by atoms with Gasteiger partial charge in [-0.2, -0.15) is 0 Å². The summed E-state index contributed by atoms with van der Waals surface area (Å²) in [4.78, 5) is 19.6. The molecule has 2 heterocycles. The van der Waals surface area contributed by atoms with E-state index in [1.165, 1.54) is 17.5 Å². The Kier molecular flexibility index (Phi) is 3.48. The summed E-state index contributed by atoms with van der Waals surface area (Å²) in [5, 5.41) is 13.5. The third kappa shape index (κ3) is 2.81. The van der Waals surface area contributed by atoms with E-state index >= 15 is 0 Å². The first kappa shape index (κ1) is 13.8. The van der Waals surface area contributed by atoms with Crippen molar-refractivity contribution < 1.29 is 9.90 Å². The van der Waals surface area contributed by atoms with Crippen molar-refractivity contribution >= 4 is 49.9 Å². The number of thiazole rings is 1. The predicted octanol–water partition coefficient (Wildman–Crippen LogP) is 4.09.